The Labute approximate surface area is 143 Å². The topological polar surface area (TPSA) is 58.2 Å². The van der Waals surface area contributed by atoms with Crippen LogP contribution in [0.2, 0.25) is 0 Å². The predicted octanol–water partition coefficient (Wildman–Crippen LogP) is 4.37. The summed E-state index contributed by atoms with van der Waals surface area (Å²) < 4.78 is 0. The lowest BCUT2D eigenvalue weighted by Crippen LogP contribution is -2.23. The molecule has 0 bridgehead atoms. The molecule has 2 rings (SSSR count). The van der Waals surface area contributed by atoms with Gasteiger partial charge in [0.25, 0.3) is 0 Å². The number of hydrogen-bond donors (Lipinski definition) is 2. The van der Waals surface area contributed by atoms with E-state index in [1.165, 1.54) is 6.92 Å². The summed E-state index contributed by atoms with van der Waals surface area (Å²) in [4.78, 5) is 23.7. The number of ketones is 1. The van der Waals surface area contributed by atoms with E-state index >= 15 is 0 Å². The average Bonchev–Trinajstić information content (AvgIpc) is 2.55. The first kappa shape index (κ1) is 17.7. The Morgan fingerprint density at radius 2 is 1.79 bits per heavy atom. The van der Waals surface area contributed by atoms with Crippen molar-refractivity contribution in [2.24, 2.45) is 0 Å². The number of aryl methyl sites for hydroxylation is 1. The smallest absolute Gasteiger partial charge is 0.243 e. The molecule has 0 aromatic heterocycles. The van der Waals surface area contributed by atoms with Crippen LogP contribution in [0.15, 0.2) is 42.5 Å². The highest BCUT2D eigenvalue weighted by molar-refractivity contribution is 5.96. The zero-order valence-corrected chi connectivity index (χ0v) is 14.6. The van der Waals surface area contributed by atoms with Crippen LogP contribution in [0, 0.1) is 6.92 Å². The van der Waals surface area contributed by atoms with Gasteiger partial charge in [0.15, 0.2) is 5.78 Å². The molecule has 0 fully saturated rings. The minimum absolute atomic E-state index is 0.00425. The average molecular weight is 324 g/mol. The van der Waals surface area contributed by atoms with Crippen molar-refractivity contribution >= 4 is 23.1 Å². The summed E-state index contributed by atoms with van der Waals surface area (Å²) in [5.74, 6) is 0.226. The van der Waals surface area contributed by atoms with E-state index in [1.54, 1.807) is 18.2 Å². The molecular weight excluding hydrogens is 300 g/mol. The third kappa shape index (κ3) is 4.44. The summed E-state index contributed by atoms with van der Waals surface area (Å²) in [5, 5.41) is 6.06. The molecule has 0 unspecified atom stereocenters. The molecule has 4 nitrogen and oxygen atoms in total. The summed E-state index contributed by atoms with van der Waals surface area (Å²) in [5.41, 5.74) is 4.44. The summed E-state index contributed by atoms with van der Waals surface area (Å²) in [6, 6.07) is 13.2. The fourth-order valence-corrected chi connectivity index (χ4v) is 2.56. The second-order valence-electron chi connectivity index (χ2n) is 6.23. The maximum absolute atomic E-state index is 12.3. The van der Waals surface area contributed by atoms with Crippen LogP contribution in [0.4, 0.5) is 11.4 Å². The fourth-order valence-electron chi connectivity index (χ4n) is 2.56. The van der Waals surface area contributed by atoms with E-state index in [0.717, 1.165) is 22.5 Å². The molecule has 0 aliphatic heterocycles. The van der Waals surface area contributed by atoms with Crippen LogP contribution in [0.1, 0.15) is 48.2 Å². The third-order valence-corrected chi connectivity index (χ3v) is 3.91. The largest absolute Gasteiger partial charge is 0.376 e. The lowest BCUT2D eigenvalue weighted by molar-refractivity contribution is -0.114. The minimum atomic E-state index is -0.112. The standard InChI is InChI=1S/C20H24N2O2/c1-13(2)18-10-5-7-14(3)20(18)22-19(24)12-21-17-9-6-8-16(11-17)15(4)23/h5-11,13,21H,12H2,1-4H3,(H,22,24). The number of Topliss-reactive ketones (excluding diaryl/α,β-unsaturated/α-hetero) is 1. The van der Waals surface area contributed by atoms with Gasteiger partial charge in [0, 0.05) is 16.9 Å². The molecule has 0 atom stereocenters. The highest BCUT2D eigenvalue weighted by Crippen LogP contribution is 2.27. The van der Waals surface area contributed by atoms with E-state index in [2.05, 4.69) is 24.5 Å². The predicted molar refractivity (Wildman–Crippen MR) is 98.8 cm³/mol. The third-order valence-electron chi connectivity index (χ3n) is 3.91. The molecule has 2 N–H and O–H groups in total. The van der Waals surface area contributed by atoms with Gasteiger partial charge in [-0.15, -0.1) is 0 Å². The van der Waals surface area contributed by atoms with Gasteiger partial charge in [-0.2, -0.15) is 0 Å². The van der Waals surface area contributed by atoms with Crippen molar-refractivity contribution in [3.8, 4) is 0 Å². The number of benzene rings is 2. The van der Waals surface area contributed by atoms with Crippen LogP contribution < -0.4 is 10.6 Å². The van der Waals surface area contributed by atoms with E-state index in [-0.39, 0.29) is 18.2 Å². The van der Waals surface area contributed by atoms with Gasteiger partial charge in [0.2, 0.25) is 5.91 Å². The van der Waals surface area contributed by atoms with E-state index in [4.69, 9.17) is 0 Å². The molecule has 0 aliphatic carbocycles. The molecule has 24 heavy (non-hydrogen) atoms. The van der Waals surface area contributed by atoms with Gasteiger partial charge in [-0.05, 0) is 43.0 Å². The zero-order chi connectivity index (χ0) is 17.7. The van der Waals surface area contributed by atoms with Gasteiger partial charge in [0.05, 0.1) is 6.54 Å². The van der Waals surface area contributed by atoms with E-state index in [0.29, 0.717) is 11.5 Å². The molecule has 2 aromatic rings. The quantitative estimate of drug-likeness (QED) is 0.776. The molecule has 0 heterocycles. The Hall–Kier alpha value is -2.62. The normalized spacial score (nSPS) is 10.5. The van der Waals surface area contributed by atoms with Gasteiger partial charge in [0.1, 0.15) is 0 Å². The molecule has 0 aliphatic rings. The Morgan fingerprint density at radius 1 is 1.08 bits per heavy atom. The highest BCUT2D eigenvalue weighted by atomic mass is 16.2. The minimum Gasteiger partial charge on any atom is -0.376 e. The first-order chi connectivity index (χ1) is 11.4. The Kier molecular flexibility index (Phi) is 5.74. The van der Waals surface area contributed by atoms with Crippen molar-refractivity contribution in [1.82, 2.24) is 0 Å². The number of para-hydroxylation sites is 1. The van der Waals surface area contributed by atoms with Crippen LogP contribution in [0.25, 0.3) is 0 Å². The first-order valence-corrected chi connectivity index (χ1v) is 8.12. The van der Waals surface area contributed by atoms with Crippen LogP contribution >= 0.6 is 0 Å². The molecule has 0 radical (unpaired) electrons. The summed E-state index contributed by atoms with van der Waals surface area (Å²) in [6.45, 7) is 7.88. The van der Waals surface area contributed by atoms with Gasteiger partial charge < -0.3 is 10.6 Å². The molecule has 2 aromatic carbocycles. The van der Waals surface area contributed by atoms with E-state index in [1.807, 2.05) is 31.2 Å². The Bertz CT molecular complexity index is 751. The molecule has 126 valence electrons. The van der Waals surface area contributed by atoms with Gasteiger partial charge in [-0.3, -0.25) is 9.59 Å². The molecule has 1 amide bonds. The van der Waals surface area contributed by atoms with Crippen molar-refractivity contribution in [3.63, 3.8) is 0 Å². The monoisotopic (exact) mass is 324 g/mol. The van der Waals surface area contributed by atoms with Crippen molar-refractivity contribution in [2.75, 3.05) is 17.2 Å². The number of carbonyl (C=O) groups excluding carboxylic acids is 2. The molecule has 0 saturated carbocycles. The number of hydrogen-bond acceptors (Lipinski definition) is 3. The van der Waals surface area contributed by atoms with Crippen LogP contribution in [-0.4, -0.2) is 18.2 Å². The number of nitrogens with one attached hydrogen (secondary N) is 2. The second-order valence-corrected chi connectivity index (χ2v) is 6.23. The van der Waals surface area contributed by atoms with E-state index < -0.39 is 0 Å². The summed E-state index contributed by atoms with van der Waals surface area (Å²) in [7, 11) is 0. The number of amides is 1. The fraction of sp³-hybridized carbons (Fsp3) is 0.300. The SMILES string of the molecule is CC(=O)c1cccc(NCC(=O)Nc2c(C)cccc2C(C)C)c1. The van der Waals surface area contributed by atoms with E-state index in [9.17, 15) is 9.59 Å². The zero-order valence-electron chi connectivity index (χ0n) is 14.6. The Morgan fingerprint density at radius 3 is 2.46 bits per heavy atom. The molecular formula is C20H24N2O2. The molecule has 0 spiro atoms. The van der Waals surface area contributed by atoms with Gasteiger partial charge in [-0.25, -0.2) is 0 Å². The molecule has 4 heteroatoms. The van der Waals surface area contributed by atoms with Crippen molar-refractivity contribution in [1.29, 1.82) is 0 Å². The second kappa shape index (κ2) is 7.77. The maximum atomic E-state index is 12.3. The van der Waals surface area contributed by atoms with Crippen molar-refractivity contribution in [2.45, 2.75) is 33.6 Å². The van der Waals surface area contributed by atoms with Crippen LogP contribution in [0.3, 0.4) is 0 Å². The van der Waals surface area contributed by atoms with Crippen LogP contribution in [-0.2, 0) is 4.79 Å². The van der Waals surface area contributed by atoms with Gasteiger partial charge in [-0.1, -0.05) is 44.2 Å². The summed E-state index contributed by atoms with van der Waals surface area (Å²) in [6.07, 6.45) is 0. The van der Waals surface area contributed by atoms with Crippen LogP contribution in [0.5, 0.6) is 0 Å². The lowest BCUT2D eigenvalue weighted by Gasteiger charge is -2.17. The van der Waals surface area contributed by atoms with Gasteiger partial charge >= 0.3 is 0 Å². The summed E-state index contributed by atoms with van der Waals surface area (Å²) >= 11 is 0. The number of carbonyl (C=O) groups is 2. The van der Waals surface area contributed by atoms with Crippen molar-refractivity contribution < 1.29 is 9.59 Å². The number of anilines is 2. The first-order valence-electron chi connectivity index (χ1n) is 8.12. The Balaban J connectivity index is 2.05. The van der Waals surface area contributed by atoms with Crippen molar-refractivity contribution in [3.05, 3.63) is 59.2 Å². The lowest BCUT2D eigenvalue weighted by atomic mass is 9.98. The number of rotatable bonds is 6. The molecule has 0 saturated heterocycles. The maximum Gasteiger partial charge on any atom is 0.243 e. The highest BCUT2D eigenvalue weighted by Gasteiger charge is 2.12.